The fourth-order valence-corrected chi connectivity index (χ4v) is 4.57. The van der Waals surface area contributed by atoms with E-state index in [2.05, 4.69) is 109 Å². The zero-order valence-corrected chi connectivity index (χ0v) is 15.4. The van der Waals surface area contributed by atoms with Gasteiger partial charge in [-0.25, -0.2) is 0 Å². The predicted octanol–water partition coefficient (Wildman–Crippen LogP) is 3.07. The summed E-state index contributed by atoms with van der Waals surface area (Å²) in [6.45, 7) is 0. The Bertz CT molecular complexity index is 1380. The van der Waals surface area contributed by atoms with Crippen LogP contribution in [0.4, 0.5) is 0 Å². The minimum Gasteiger partial charge on any atom is -0.0616 e. The highest BCUT2D eigenvalue weighted by Gasteiger charge is 2.21. The average Bonchev–Trinajstić information content (AvgIpc) is 2.98. The third-order valence-corrected chi connectivity index (χ3v) is 5.79. The standard InChI is InChI=1S/C28H18/c1-5-13-23-19(9-1)17-20-10-2-6-14-24(20)28-26-16-8-4-12-22(26)18-21-11-3-7-15-25(21)27(23)28/h1-18H. The summed E-state index contributed by atoms with van der Waals surface area (Å²) in [4.78, 5) is 0. The third-order valence-electron chi connectivity index (χ3n) is 5.79. The molecule has 6 rings (SSSR count). The molecule has 0 unspecified atom stereocenters. The molecular formula is C28H18. The highest BCUT2D eigenvalue weighted by molar-refractivity contribution is 6.08. The summed E-state index contributed by atoms with van der Waals surface area (Å²) in [5.74, 6) is 0. The SMILES string of the molecule is C1=c2ccccc2=C2C(=c3ccccc3=Cc3ccccc32)c2ccccc21. The topological polar surface area (TPSA) is 0 Å². The van der Waals surface area contributed by atoms with Gasteiger partial charge in [-0.05, 0) is 66.4 Å². The zero-order chi connectivity index (χ0) is 18.5. The maximum atomic E-state index is 2.33. The van der Waals surface area contributed by atoms with Crippen molar-refractivity contribution in [3.05, 3.63) is 140 Å². The van der Waals surface area contributed by atoms with Crippen LogP contribution < -0.4 is 20.9 Å². The van der Waals surface area contributed by atoms with Crippen LogP contribution in [0.1, 0.15) is 22.3 Å². The van der Waals surface area contributed by atoms with E-state index in [1.54, 1.807) is 0 Å². The monoisotopic (exact) mass is 354 g/mol. The molecule has 0 heterocycles. The molecular weight excluding hydrogens is 336 g/mol. The Morgan fingerprint density at radius 3 is 1.25 bits per heavy atom. The molecule has 0 aromatic heterocycles. The van der Waals surface area contributed by atoms with Crippen molar-refractivity contribution in [3.8, 4) is 0 Å². The lowest BCUT2D eigenvalue weighted by atomic mass is 9.87. The quantitative estimate of drug-likeness (QED) is 0.455. The van der Waals surface area contributed by atoms with Crippen molar-refractivity contribution in [2.45, 2.75) is 0 Å². The normalized spacial score (nSPS) is 13.4. The summed E-state index contributed by atoms with van der Waals surface area (Å²) >= 11 is 0. The van der Waals surface area contributed by atoms with Crippen LogP contribution >= 0.6 is 0 Å². The van der Waals surface area contributed by atoms with Gasteiger partial charge in [-0.3, -0.25) is 0 Å². The van der Waals surface area contributed by atoms with E-state index < -0.39 is 0 Å². The van der Waals surface area contributed by atoms with E-state index in [-0.39, 0.29) is 0 Å². The van der Waals surface area contributed by atoms with E-state index in [1.165, 1.54) is 54.3 Å². The number of hydrogen-bond donors (Lipinski definition) is 0. The smallest absolute Gasteiger partial charge is 0.00143 e. The Labute approximate surface area is 163 Å². The summed E-state index contributed by atoms with van der Waals surface area (Å²) in [6.07, 6.45) is 4.66. The van der Waals surface area contributed by atoms with Gasteiger partial charge < -0.3 is 0 Å². The maximum absolute atomic E-state index is 2.33. The molecule has 0 nitrogen and oxygen atoms in total. The molecule has 0 heteroatoms. The van der Waals surface area contributed by atoms with Crippen LogP contribution in [0.3, 0.4) is 0 Å². The van der Waals surface area contributed by atoms with Gasteiger partial charge in [0, 0.05) is 0 Å². The molecule has 0 fully saturated rings. The van der Waals surface area contributed by atoms with Crippen molar-refractivity contribution in [2.24, 2.45) is 0 Å². The minimum atomic E-state index is 1.27. The number of hydrogen-bond acceptors (Lipinski definition) is 0. The van der Waals surface area contributed by atoms with Crippen LogP contribution in [0.5, 0.6) is 0 Å². The fraction of sp³-hybridized carbons (Fsp3) is 0. The first-order valence-electron chi connectivity index (χ1n) is 9.71. The molecule has 0 saturated carbocycles. The van der Waals surface area contributed by atoms with Gasteiger partial charge in [0.25, 0.3) is 0 Å². The van der Waals surface area contributed by atoms with E-state index in [1.807, 2.05) is 0 Å². The number of rotatable bonds is 0. The second kappa shape index (κ2) is 5.94. The number of fused-ring (bicyclic) bond motifs is 7. The van der Waals surface area contributed by atoms with Gasteiger partial charge in [-0.2, -0.15) is 0 Å². The van der Waals surface area contributed by atoms with Gasteiger partial charge in [-0.1, -0.05) is 97.1 Å². The van der Waals surface area contributed by atoms with Gasteiger partial charge in [0.15, 0.2) is 0 Å². The Morgan fingerprint density at radius 1 is 0.357 bits per heavy atom. The summed E-state index contributed by atoms with van der Waals surface area (Å²) in [5.41, 5.74) is 7.79. The highest BCUT2D eigenvalue weighted by atomic mass is 14.2. The number of benzene rings is 4. The van der Waals surface area contributed by atoms with Gasteiger partial charge in [0.2, 0.25) is 0 Å². The fourth-order valence-electron chi connectivity index (χ4n) is 4.57. The highest BCUT2D eigenvalue weighted by Crippen LogP contribution is 2.33. The van der Waals surface area contributed by atoms with E-state index >= 15 is 0 Å². The lowest BCUT2D eigenvalue weighted by molar-refractivity contribution is 1.47. The van der Waals surface area contributed by atoms with Crippen LogP contribution in [0.2, 0.25) is 0 Å². The molecule has 0 saturated heterocycles. The van der Waals surface area contributed by atoms with Crippen molar-refractivity contribution in [3.63, 3.8) is 0 Å². The van der Waals surface area contributed by atoms with Crippen molar-refractivity contribution >= 4 is 23.3 Å². The van der Waals surface area contributed by atoms with Crippen molar-refractivity contribution < 1.29 is 0 Å². The van der Waals surface area contributed by atoms with E-state index in [9.17, 15) is 0 Å². The van der Waals surface area contributed by atoms with Crippen molar-refractivity contribution in [1.82, 2.24) is 0 Å². The van der Waals surface area contributed by atoms with Crippen LogP contribution in [0, 0.1) is 0 Å². The Hall–Kier alpha value is -3.64. The second-order valence-corrected chi connectivity index (χ2v) is 7.39. The second-order valence-electron chi connectivity index (χ2n) is 7.39. The minimum absolute atomic E-state index is 1.27. The predicted molar refractivity (Wildman–Crippen MR) is 116 cm³/mol. The van der Waals surface area contributed by atoms with Crippen LogP contribution in [0.25, 0.3) is 23.3 Å². The first-order chi connectivity index (χ1) is 13.9. The Balaban J connectivity index is 2.00. The molecule has 4 aromatic rings. The average molecular weight is 354 g/mol. The Morgan fingerprint density at radius 2 is 0.750 bits per heavy atom. The molecule has 28 heavy (non-hydrogen) atoms. The third kappa shape index (κ3) is 2.18. The molecule has 0 atom stereocenters. The molecule has 0 aliphatic heterocycles. The largest absolute Gasteiger partial charge is 0.0616 e. The van der Waals surface area contributed by atoms with E-state index in [0.29, 0.717) is 0 Å². The molecule has 0 amide bonds. The molecule has 4 aromatic carbocycles. The summed E-state index contributed by atoms with van der Waals surface area (Å²) < 4.78 is 0. The molecule has 2 aliphatic carbocycles. The molecule has 0 radical (unpaired) electrons. The van der Waals surface area contributed by atoms with Crippen LogP contribution in [0.15, 0.2) is 97.1 Å². The van der Waals surface area contributed by atoms with Gasteiger partial charge in [0.1, 0.15) is 0 Å². The summed E-state index contributed by atoms with van der Waals surface area (Å²) in [5, 5.41) is 5.14. The summed E-state index contributed by atoms with van der Waals surface area (Å²) in [6, 6.07) is 35.1. The Kier molecular flexibility index (Phi) is 3.27. The summed E-state index contributed by atoms with van der Waals surface area (Å²) in [7, 11) is 0. The maximum Gasteiger partial charge on any atom is -0.00143 e. The van der Waals surface area contributed by atoms with E-state index in [0.717, 1.165) is 0 Å². The molecule has 2 aliphatic rings. The van der Waals surface area contributed by atoms with Crippen LogP contribution in [-0.4, -0.2) is 0 Å². The van der Waals surface area contributed by atoms with Gasteiger partial charge >= 0.3 is 0 Å². The van der Waals surface area contributed by atoms with Crippen molar-refractivity contribution in [1.29, 1.82) is 0 Å². The first-order valence-corrected chi connectivity index (χ1v) is 9.71. The van der Waals surface area contributed by atoms with Gasteiger partial charge in [-0.15, -0.1) is 0 Å². The first kappa shape index (κ1) is 15.4. The van der Waals surface area contributed by atoms with E-state index in [4.69, 9.17) is 0 Å². The lowest BCUT2D eigenvalue weighted by Gasteiger charge is -2.15. The molecule has 0 spiro atoms. The van der Waals surface area contributed by atoms with Gasteiger partial charge in [0.05, 0.1) is 0 Å². The zero-order valence-electron chi connectivity index (χ0n) is 15.4. The molecule has 0 bridgehead atoms. The molecule has 0 N–H and O–H groups in total. The molecule has 130 valence electrons. The van der Waals surface area contributed by atoms with Crippen LogP contribution in [-0.2, 0) is 0 Å². The lowest BCUT2D eigenvalue weighted by Crippen LogP contribution is -2.30. The van der Waals surface area contributed by atoms with Crippen molar-refractivity contribution in [2.75, 3.05) is 0 Å².